The Bertz CT molecular complexity index is 872. The van der Waals surface area contributed by atoms with Crippen LogP contribution < -0.4 is 9.47 Å². The number of nitrogens with zero attached hydrogens (tertiary/aromatic N) is 1. The van der Waals surface area contributed by atoms with Crippen molar-refractivity contribution in [3.05, 3.63) is 64.3 Å². The number of methoxy groups -OCH3 is 1. The first kappa shape index (κ1) is 18.0. The van der Waals surface area contributed by atoms with Crippen molar-refractivity contribution in [2.45, 2.75) is 13.3 Å². The Kier molecular flexibility index (Phi) is 5.58. The van der Waals surface area contributed by atoms with E-state index >= 15 is 0 Å². The van der Waals surface area contributed by atoms with Crippen molar-refractivity contribution >= 4 is 29.5 Å². The molecular weight excluding hydrogens is 354 g/mol. The number of halogens is 1. The minimum absolute atomic E-state index is 0.224. The lowest BCUT2D eigenvalue weighted by Gasteiger charge is -2.10. The zero-order chi connectivity index (χ0) is 18.5. The number of carbonyl (C=O) groups is 1. The van der Waals surface area contributed by atoms with Crippen LogP contribution in [-0.4, -0.2) is 25.6 Å². The number of ether oxygens (including phenoxy) is 3. The number of esters is 1. The van der Waals surface area contributed by atoms with Crippen molar-refractivity contribution in [3.63, 3.8) is 0 Å². The molecule has 5 nitrogen and oxygen atoms in total. The van der Waals surface area contributed by atoms with Crippen LogP contribution >= 0.6 is 11.6 Å². The summed E-state index contributed by atoms with van der Waals surface area (Å²) < 4.78 is 16.2. The molecule has 0 atom stereocenters. The van der Waals surface area contributed by atoms with Gasteiger partial charge in [0.25, 0.3) is 0 Å². The van der Waals surface area contributed by atoms with E-state index in [0.29, 0.717) is 28.7 Å². The minimum atomic E-state index is -0.498. The second-order valence-corrected chi connectivity index (χ2v) is 6.04. The Hall–Kier alpha value is -2.79. The lowest BCUT2D eigenvalue weighted by molar-refractivity contribution is -0.129. The molecule has 0 bridgehead atoms. The van der Waals surface area contributed by atoms with Crippen LogP contribution in [0.2, 0.25) is 5.02 Å². The molecule has 2 aromatic carbocycles. The Balaban J connectivity index is 1.89. The summed E-state index contributed by atoms with van der Waals surface area (Å²) in [5.41, 5.74) is 1.68. The van der Waals surface area contributed by atoms with E-state index in [4.69, 9.17) is 25.8 Å². The molecule has 1 aliphatic heterocycles. The van der Waals surface area contributed by atoms with Crippen LogP contribution in [0, 0.1) is 0 Å². The number of rotatable bonds is 6. The average Bonchev–Trinajstić information content (AvgIpc) is 3.01. The Morgan fingerprint density at radius 1 is 1.15 bits per heavy atom. The van der Waals surface area contributed by atoms with Crippen LogP contribution in [0.15, 0.2) is 53.2 Å². The molecule has 134 valence electrons. The summed E-state index contributed by atoms with van der Waals surface area (Å²) in [5.74, 6) is 1.02. The molecular formula is C20H18ClNO4. The highest BCUT2D eigenvalue weighted by molar-refractivity contribution is 6.30. The van der Waals surface area contributed by atoms with Crippen molar-refractivity contribution in [1.29, 1.82) is 0 Å². The molecule has 0 saturated carbocycles. The van der Waals surface area contributed by atoms with E-state index in [1.54, 1.807) is 43.5 Å². The van der Waals surface area contributed by atoms with E-state index in [2.05, 4.69) is 4.99 Å². The molecule has 3 rings (SSSR count). The predicted molar refractivity (Wildman–Crippen MR) is 101 cm³/mol. The molecule has 0 N–H and O–H groups in total. The quantitative estimate of drug-likeness (QED) is 0.555. The molecule has 0 spiro atoms. The van der Waals surface area contributed by atoms with Gasteiger partial charge in [-0.15, -0.1) is 0 Å². The first-order valence-corrected chi connectivity index (χ1v) is 8.58. The molecule has 2 aromatic rings. The molecule has 0 aromatic heterocycles. The van der Waals surface area contributed by atoms with Gasteiger partial charge >= 0.3 is 5.97 Å². The predicted octanol–water partition coefficient (Wildman–Crippen LogP) is 4.48. The molecule has 0 aliphatic carbocycles. The first-order chi connectivity index (χ1) is 12.6. The van der Waals surface area contributed by atoms with Gasteiger partial charge in [-0.3, -0.25) is 0 Å². The van der Waals surface area contributed by atoms with E-state index in [1.807, 2.05) is 19.1 Å². The topological polar surface area (TPSA) is 57.1 Å². The maximum absolute atomic E-state index is 12.1. The maximum atomic E-state index is 12.1. The minimum Gasteiger partial charge on any atom is -0.493 e. The van der Waals surface area contributed by atoms with Crippen LogP contribution in [0.3, 0.4) is 0 Å². The third-order valence-electron chi connectivity index (χ3n) is 3.66. The summed E-state index contributed by atoms with van der Waals surface area (Å²) >= 11 is 5.88. The highest BCUT2D eigenvalue weighted by Gasteiger charge is 2.24. The van der Waals surface area contributed by atoms with Gasteiger partial charge in [0.05, 0.1) is 13.7 Å². The third-order valence-corrected chi connectivity index (χ3v) is 3.92. The second kappa shape index (κ2) is 8.06. The van der Waals surface area contributed by atoms with Gasteiger partial charge in [0.2, 0.25) is 5.90 Å². The number of hydrogen-bond acceptors (Lipinski definition) is 5. The van der Waals surface area contributed by atoms with Crippen molar-refractivity contribution in [2.75, 3.05) is 13.7 Å². The summed E-state index contributed by atoms with van der Waals surface area (Å²) in [6.07, 6.45) is 2.54. The number of aliphatic imine (C=N–C) groups is 1. The molecule has 1 heterocycles. The maximum Gasteiger partial charge on any atom is 0.363 e. The third kappa shape index (κ3) is 4.06. The zero-order valence-electron chi connectivity index (χ0n) is 14.5. The van der Waals surface area contributed by atoms with Crippen LogP contribution in [0.25, 0.3) is 6.08 Å². The van der Waals surface area contributed by atoms with Crippen molar-refractivity contribution in [2.24, 2.45) is 4.99 Å². The molecule has 0 amide bonds. The normalized spacial score (nSPS) is 15.0. The fourth-order valence-electron chi connectivity index (χ4n) is 2.39. The smallest absolute Gasteiger partial charge is 0.363 e. The van der Waals surface area contributed by atoms with Crippen LogP contribution in [0.1, 0.15) is 24.5 Å². The van der Waals surface area contributed by atoms with Gasteiger partial charge in [-0.25, -0.2) is 9.79 Å². The zero-order valence-corrected chi connectivity index (χ0v) is 15.2. The van der Waals surface area contributed by atoms with E-state index in [-0.39, 0.29) is 11.6 Å². The summed E-state index contributed by atoms with van der Waals surface area (Å²) in [6, 6.07) is 12.4. The van der Waals surface area contributed by atoms with Crippen molar-refractivity contribution < 1.29 is 19.0 Å². The van der Waals surface area contributed by atoms with E-state index in [1.165, 1.54) is 0 Å². The highest BCUT2D eigenvalue weighted by atomic mass is 35.5. The standard InChI is InChI=1S/C20H18ClNO4/c1-3-10-25-18-12-13(4-9-17(18)24-2)11-16-20(23)26-19(22-16)14-5-7-15(21)8-6-14/h4-9,11-12H,3,10H2,1-2H3/b16-11-. The van der Waals surface area contributed by atoms with Gasteiger partial charge in [-0.1, -0.05) is 24.6 Å². The van der Waals surface area contributed by atoms with Gasteiger partial charge in [0, 0.05) is 10.6 Å². The summed E-state index contributed by atoms with van der Waals surface area (Å²) in [4.78, 5) is 16.4. The van der Waals surface area contributed by atoms with Gasteiger partial charge in [0.15, 0.2) is 17.2 Å². The largest absolute Gasteiger partial charge is 0.493 e. The lowest BCUT2D eigenvalue weighted by Crippen LogP contribution is -2.05. The highest BCUT2D eigenvalue weighted by Crippen LogP contribution is 2.30. The first-order valence-electron chi connectivity index (χ1n) is 8.20. The average molecular weight is 372 g/mol. The van der Waals surface area contributed by atoms with Gasteiger partial charge in [0.1, 0.15) is 0 Å². The van der Waals surface area contributed by atoms with Crippen LogP contribution in [0.5, 0.6) is 11.5 Å². The second-order valence-electron chi connectivity index (χ2n) is 5.60. The van der Waals surface area contributed by atoms with Crippen LogP contribution in [-0.2, 0) is 9.53 Å². The van der Waals surface area contributed by atoms with E-state index in [0.717, 1.165) is 12.0 Å². The number of hydrogen-bond donors (Lipinski definition) is 0. The van der Waals surface area contributed by atoms with Crippen LogP contribution in [0.4, 0.5) is 0 Å². The van der Waals surface area contributed by atoms with Gasteiger partial charge < -0.3 is 14.2 Å². The fourth-order valence-corrected chi connectivity index (χ4v) is 2.52. The lowest BCUT2D eigenvalue weighted by atomic mass is 10.1. The fraction of sp³-hybridized carbons (Fsp3) is 0.200. The van der Waals surface area contributed by atoms with Gasteiger partial charge in [-0.05, 0) is 54.5 Å². The Morgan fingerprint density at radius 2 is 1.92 bits per heavy atom. The number of carbonyl (C=O) groups excluding carboxylic acids is 1. The summed E-state index contributed by atoms with van der Waals surface area (Å²) in [7, 11) is 1.59. The summed E-state index contributed by atoms with van der Waals surface area (Å²) in [6.45, 7) is 2.61. The molecule has 6 heteroatoms. The van der Waals surface area contributed by atoms with E-state index < -0.39 is 5.97 Å². The Labute approximate surface area is 156 Å². The summed E-state index contributed by atoms with van der Waals surface area (Å²) in [5, 5.41) is 0.604. The number of benzene rings is 2. The molecule has 26 heavy (non-hydrogen) atoms. The monoisotopic (exact) mass is 371 g/mol. The number of cyclic esters (lactones) is 1. The molecule has 0 fully saturated rings. The van der Waals surface area contributed by atoms with E-state index in [9.17, 15) is 4.79 Å². The molecule has 0 unspecified atom stereocenters. The molecule has 0 saturated heterocycles. The van der Waals surface area contributed by atoms with Crippen molar-refractivity contribution in [1.82, 2.24) is 0 Å². The SMILES string of the molecule is CCCOc1cc(/C=C2\N=C(c3ccc(Cl)cc3)OC2=O)ccc1OC. The molecule has 1 aliphatic rings. The van der Waals surface area contributed by atoms with Gasteiger partial charge in [-0.2, -0.15) is 0 Å². The molecule has 0 radical (unpaired) electrons. The Morgan fingerprint density at radius 3 is 2.62 bits per heavy atom. The van der Waals surface area contributed by atoms with Crippen molar-refractivity contribution in [3.8, 4) is 11.5 Å².